The first-order valence-electron chi connectivity index (χ1n) is 4.20. The highest BCUT2D eigenvalue weighted by molar-refractivity contribution is 5.17. The van der Waals surface area contributed by atoms with Crippen LogP contribution in [-0.4, -0.2) is 11.7 Å². The van der Waals surface area contributed by atoms with Crippen molar-refractivity contribution in [1.29, 1.82) is 0 Å². The fraction of sp³-hybridized carbons (Fsp3) is 0.625. The van der Waals surface area contributed by atoms with Crippen LogP contribution >= 0.6 is 0 Å². The molecule has 0 aromatic carbocycles. The van der Waals surface area contributed by atoms with Crippen molar-refractivity contribution in [2.45, 2.75) is 25.8 Å². The zero-order chi connectivity index (χ0) is 8.55. The average molecular weight is 168 g/mol. The molecule has 0 aliphatic carbocycles. The summed E-state index contributed by atoms with van der Waals surface area (Å²) in [6.45, 7) is 2.81. The minimum atomic E-state index is -0.251. The second-order valence-electron chi connectivity index (χ2n) is 3.18. The fourth-order valence-electron chi connectivity index (χ4n) is 1.63. The molecule has 1 atom stereocenters. The van der Waals surface area contributed by atoms with Crippen LogP contribution in [0.5, 0.6) is 0 Å². The van der Waals surface area contributed by atoms with Crippen LogP contribution in [0.25, 0.3) is 0 Å². The molecule has 1 fully saturated rings. The Kier molecular flexibility index (Phi) is 1.77. The molecule has 0 saturated carbocycles. The SMILES string of the molecule is Cc1c(C2CCCN2)[nH]oc1=O. The summed E-state index contributed by atoms with van der Waals surface area (Å²) in [6, 6.07) is 0.288. The van der Waals surface area contributed by atoms with Gasteiger partial charge in [-0.25, -0.2) is 9.95 Å². The maximum atomic E-state index is 11.0. The van der Waals surface area contributed by atoms with Gasteiger partial charge >= 0.3 is 5.63 Å². The second kappa shape index (κ2) is 2.79. The number of rotatable bonds is 1. The van der Waals surface area contributed by atoms with Gasteiger partial charge in [0.15, 0.2) is 0 Å². The van der Waals surface area contributed by atoms with E-state index in [4.69, 9.17) is 0 Å². The fourth-order valence-corrected chi connectivity index (χ4v) is 1.63. The maximum Gasteiger partial charge on any atom is 0.360 e. The Morgan fingerprint density at radius 2 is 2.42 bits per heavy atom. The Morgan fingerprint density at radius 1 is 1.58 bits per heavy atom. The molecule has 12 heavy (non-hydrogen) atoms. The van der Waals surface area contributed by atoms with Gasteiger partial charge in [-0.3, -0.25) is 0 Å². The summed E-state index contributed by atoms with van der Waals surface area (Å²) in [7, 11) is 0. The molecule has 4 heteroatoms. The third-order valence-corrected chi connectivity index (χ3v) is 2.37. The van der Waals surface area contributed by atoms with Gasteiger partial charge in [0.25, 0.3) is 0 Å². The van der Waals surface area contributed by atoms with Gasteiger partial charge < -0.3 is 9.84 Å². The van der Waals surface area contributed by atoms with Crippen LogP contribution in [0.2, 0.25) is 0 Å². The first kappa shape index (κ1) is 7.61. The Bertz CT molecular complexity index is 320. The lowest BCUT2D eigenvalue weighted by Gasteiger charge is -2.06. The Labute approximate surface area is 69.9 Å². The van der Waals surface area contributed by atoms with Crippen molar-refractivity contribution in [2.75, 3.05) is 6.54 Å². The molecule has 0 bridgehead atoms. The van der Waals surface area contributed by atoms with Crippen LogP contribution in [-0.2, 0) is 0 Å². The van der Waals surface area contributed by atoms with E-state index in [1.165, 1.54) is 0 Å². The van der Waals surface area contributed by atoms with Crippen LogP contribution in [0, 0.1) is 6.92 Å². The van der Waals surface area contributed by atoms with E-state index in [9.17, 15) is 4.79 Å². The molecule has 2 rings (SSSR count). The summed E-state index contributed by atoms with van der Waals surface area (Å²) in [4.78, 5) is 11.0. The van der Waals surface area contributed by atoms with Crippen molar-refractivity contribution in [3.8, 4) is 0 Å². The quantitative estimate of drug-likeness (QED) is 0.649. The van der Waals surface area contributed by atoms with Gasteiger partial charge in [0.2, 0.25) is 0 Å². The number of nitrogens with one attached hydrogen (secondary N) is 2. The summed E-state index contributed by atoms with van der Waals surface area (Å²) in [5.74, 6) is 0. The van der Waals surface area contributed by atoms with E-state index in [1.54, 1.807) is 6.92 Å². The predicted molar refractivity (Wildman–Crippen MR) is 44.0 cm³/mol. The average Bonchev–Trinajstić information content (AvgIpc) is 2.64. The molecule has 4 nitrogen and oxygen atoms in total. The van der Waals surface area contributed by atoms with Crippen molar-refractivity contribution in [3.63, 3.8) is 0 Å². The minimum absolute atomic E-state index is 0.251. The van der Waals surface area contributed by atoms with Crippen LogP contribution < -0.4 is 10.9 Å². The van der Waals surface area contributed by atoms with Gasteiger partial charge in [-0.15, -0.1) is 0 Å². The lowest BCUT2D eigenvalue weighted by atomic mass is 10.1. The number of aromatic amines is 1. The Morgan fingerprint density at radius 3 is 2.92 bits per heavy atom. The molecule has 2 heterocycles. The zero-order valence-corrected chi connectivity index (χ0v) is 7.02. The summed E-state index contributed by atoms with van der Waals surface area (Å²) < 4.78 is 4.69. The van der Waals surface area contributed by atoms with Gasteiger partial charge in [0.1, 0.15) is 0 Å². The highest BCUT2D eigenvalue weighted by Gasteiger charge is 2.21. The van der Waals surface area contributed by atoms with Crippen molar-refractivity contribution in [1.82, 2.24) is 10.5 Å². The minimum Gasteiger partial charge on any atom is -0.339 e. The summed E-state index contributed by atoms with van der Waals surface area (Å²) >= 11 is 0. The van der Waals surface area contributed by atoms with E-state index in [0.29, 0.717) is 5.56 Å². The molecule has 0 spiro atoms. The molecular weight excluding hydrogens is 156 g/mol. The standard InChI is InChI=1S/C8H12N2O2/c1-5-7(10-12-8(5)11)6-3-2-4-9-6/h6,9-10H,2-4H2,1H3. The van der Waals surface area contributed by atoms with Gasteiger partial charge in [0, 0.05) is 0 Å². The number of H-pyrrole nitrogens is 1. The number of aromatic nitrogens is 1. The van der Waals surface area contributed by atoms with Crippen molar-refractivity contribution < 1.29 is 4.52 Å². The van der Waals surface area contributed by atoms with Crippen LogP contribution in [0.1, 0.15) is 30.1 Å². The topological polar surface area (TPSA) is 58.0 Å². The largest absolute Gasteiger partial charge is 0.360 e. The Hall–Kier alpha value is -1.03. The molecule has 66 valence electrons. The van der Waals surface area contributed by atoms with Crippen LogP contribution in [0.4, 0.5) is 0 Å². The Balaban J connectivity index is 2.32. The molecular formula is C8H12N2O2. The molecule has 0 amide bonds. The van der Waals surface area contributed by atoms with E-state index in [1.807, 2.05) is 0 Å². The number of hydrogen-bond acceptors (Lipinski definition) is 3. The molecule has 0 radical (unpaired) electrons. The van der Waals surface area contributed by atoms with E-state index in [2.05, 4.69) is 15.0 Å². The zero-order valence-electron chi connectivity index (χ0n) is 7.02. The van der Waals surface area contributed by atoms with E-state index < -0.39 is 0 Å². The molecule has 2 N–H and O–H groups in total. The summed E-state index contributed by atoms with van der Waals surface area (Å²) in [6.07, 6.45) is 2.24. The van der Waals surface area contributed by atoms with Gasteiger partial charge in [-0.2, -0.15) is 0 Å². The van der Waals surface area contributed by atoms with Crippen LogP contribution in [0.3, 0.4) is 0 Å². The lowest BCUT2D eigenvalue weighted by Crippen LogP contribution is -2.14. The first-order chi connectivity index (χ1) is 5.79. The third-order valence-electron chi connectivity index (χ3n) is 2.37. The van der Waals surface area contributed by atoms with Crippen LogP contribution in [0.15, 0.2) is 9.32 Å². The normalized spacial score (nSPS) is 23.2. The van der Waals surface area contributed by atoms with Crippen molar-refractivity contribution in [3.05, 3.63) is 21.7 Å². The summed E-state index contributed by atoms with van der Waals surface area (Å²) in [5.41, 5.74) is 1.37. The molecule has 1 aliphatic heterocycles. The molecule has 1 aliphatic rings. The lowest BCUT2D eigenvalue weighted by molar-refractivity contribution is 0.377. The monoisotopic (exact) mass is 168 g/mol. The van der Waals surface area contributed by atoms with Gasteiger partial charge in [-0.1, -0.05) is 0 Å². The number of hydrogen-bond donors (Lipinski definition) is 2. The highest BCUT2D eigenvalue weighted by atomic mass is 16.5. The molecule has 1 saturated heterocycles. The van der Waals surface area contributed by atoms with Crippen molar-refractivity contribution >= 4 is 0 Å². The van der Waals surface area contributed by atoms with Gasteiger partial charge in [-0.05, 0) is 26.3 Å². The van der Waals surface area contributed by atoms with Crippen molar-refractivity contribution in [2.24, 2.45) is 0 Å². The van der Waals surface area contributed by atoms with E-state index in [0.717, 1.165) is 25.1 Å². The summed E-state index contributed by atoms with van der Waals surface area (Å²) in [5, 5.41) is 5.96. The van der Waals surface area contributed by atoms with Gasteiger partial charge in [0.05, 0.1) is 17.3 Å². The maximum absolute atomic E-state index is 11.0. The smallest absolute Gasteiger partial charge is 0.339 e. The molecule has 1 unspecified atom stereocenters. The predicted octanol–water partition coefficient (Wildman–Crippen LogP) is 0.701. The second-order valence-corrected chi connectivity index (χ2v) is 3.18. The first-order valence-corrected chi connectivity index (χ1v) is 4.20. The molecule has 1 aromatic heterocycles. The van der Waals surface area contributed by atoms with E-state index >= 15 is 0 Å². The third kappa shape index (κ3) is 1.08. The molecule has 1 aromatic rings. The van der Waals surface area contributed by atoms with E-state index in [-0.39, 0.29) is 11.7 Å². The highest BCUT2D eigenvalue weighted by Crippen LogP contribution is 2.22.